The molecule has 1 rings (SSSR count). The molecule has 78 valence electrons. The van der Waals surface area contributed by atoms with Gasteiger partial charge in [0.2, 0.25) is 0 Å². The van der Waals surface area contributed by atoms with Crippen LogP contribution in [0.3, 0.4) is 0 Å². The maximum absolute atomic E-state index is 11.5. The summed E-state index contributed by atoms with van der Waals surface area (Å²) in [5, 5.41) is 0.186. The normalized spacial score (nSPS) is 12.0. The van der Waals surface area contributed by atoms with Crippen LogP contribution in [0.1, 0.15) is 32.3 Å². The molecule has 0 aliphatic rings. The van der Waals surface area contributed by atoms with Gasteiger partial charge < -0.3 is 0 Å². The Balaban J connectivity index is 3.19. The lowest BCUT2D eigenvalue weighted by molar-refractivity contribution is 0.593. The molecule has 4 heteroatoms. The van der Waals surface area contributed by atoms with E-state index in [0.717, 1.165) is 5.56 Å². The highest BCUT2D eigenvalue weighted by Gasteiger charge is 2.13. The fraction of sp³-hybridized carbons (Fsp3) is 0.500. The first-order valence-electron chi connectivity index (χ1n) is 4.66. The molecule has 0 atom stereocenters. The number of hydrogen-bond donors (Lipinski definition) is 0. The summed E-state index contributed by atoms with van der Waals surface area (Å²) in [6, 6.07) is 3.50. The third-order valence-corrected chi connectivity index (χ3v) is 3.74. The molecule has 0 aliphatic heterocycles. The molecule has 0 amide bonds. The van der Waals surface area contributed by atoms with Crippen LogP contribution in [0.5, 0.6) is 0 Å². The molecular weight excluding hydrogens is 198 g/mol. The summed E-state index contributed by atoms with van der Waals surface area (Å²) < 4.78 is 23.0. The Kier molecular flexibility index (Phi) is 3.26. The highest BCUT2D eigenvalue weighted by molar-refractivity contribution is 7.91. The number of sulfone groups is 1. The molecule has 0 saturated heterocycles. The SMILES string of the molecule is CCS(=O)(=O)c1cc(C(C)C)ccn1. The van der Waals surface area contributed by atoms with Gasteiger partial charge >= 0.3 is 0 Å². The van der Waals surface area contributed by atoms with E-state index in [1.807, 2.05) is 19.9 Å². The van der Waals surface area contributed by atoms with E-state index in [0.29, 0.717) is 5.92 Å². The van der Waals surface area contributed by atoms with Crippen LogP contribution in [-0.2, 0) is 9.84 Å². The van der Waals surface area contributed by atoms with Gasteiger partial charge in [-0.1, -0.05) is 20.8 Å². The molecule has 1 aromatic heterocycles. The van der Waals surface area contributed by atoms with Gasteiger partial charge in [0.05, 0.1) is 5.75 Å². The predicted octanol–water partition coefficient (Wildman–Crippen LogP) is 2.00. The van der Waals surface area contributed by atoms with Gasteiger partial charge in [0.25, 0.3) is 0 Å². The molecule has 0 fully saturated rings. The average molecular weight is 213 g/mol. The van der Waals surface area contributed by atoms with Crippen LogP contribution in [0.25, 0.3) is 0 Å². The Bertz CT molecular complexity index is 410. The Hall–Kier alpha value is -0.900. The average Bonchev–Trinajstić information content (AvgIpc) is 2.18. The molecule has 3 nitrogen and oxygen atoms in total. The quantitative estimate of drug-likeness (QED) is 0.771. The molecule has 0 aromatic carbocycles. The zero-order valence-corrected chi connectivity index (χ0v) is 9.50. The van der Waals surface area contributed by atoms with Gasteiger partial charge in [-0.05, 0) is 23.6 Å². The molecule has 1 heterocycles. The highest BCUT2D eigenvalue weighted by Crippen LogP contribution is 2.17. The summed E-state index contributed by atoms with van der Waals surface area (Å²) in [6.07, 6.45) is 1.55. The zero-order chi connectivity index (χ0) is 10.8. The van der Waals surface area contributed by atoms with Crippen molar-refractivity contribution in [1.29, 1.82) is 0 Å². The molecule has 14 heavy (non-hydrogen) atoms. The second kappa shape index (κ2) is 4.09. The number of aromatic nitrogens is 1. The van der Waals surface area contributed by atoms with Crippen molar-refractivity contribution in [3.05, 3.63) is 23.9 Å². The third kappa shape index (κ3) is 2.32. The lowest BCUT2D eigenvalue weighted by atomic mass is 10.1. The van der Waals surface area contributed by atoms with Crippen molar-refractivity contribution in [3.8, 4) is 0 Å². The predicted molar refractivity (Wildman–Crippen MR) is 56.1 cm³/mol. The van der Waals surface area contributed by atoms with Crippen molar-refractivity contribution in [2.45, 2.75) is 31.7 Å². The Morgan fingerprint density at radius 3 is 2.57 bits per heavy atom. The number of nitrogens with zero attached hydrogens (tertiary/aromatic N) is 1. The second-order valence-corrected chi connectivity index (χ2v) is 5.71. The van der Waals surface area contributed by atoms with Crippen molar-refractivity contribution in [1.82, 2.24) is 4.98 Å². The first-order chi connectivity index (χ1) is 6.47. The molecule has 0 spiro atoms. The van der Waals surface area contributed by atoms with E-state index in [9.17, 15) is 8.42 Å². The van der Waals surface area contributed by atoms with Crippen molar-refractivity contribution in [2.75, 3.05) is 5.75 Å². The van der Waals surface area contributed by atoms with Crippen LogP contribution in [0, 0.1) is 0 Å². The van der Waals surface area contributed by atoms with E-state index in [4.69, 9.17) is 0 Å². The Morgan fingerprint density at radius 1 is 1.43 bits per heavy atom. The van der Waals surface area contributed by atoms with Gasteiger partial charge in [-0.3, -0.25) is 0 Å². The smallest absolute Gasteiger partial charge is 0.195 e. The van der Waals surface area contributed by atoms with Crippen LogP contribution in [0.15, 0.2) is 23.4 Å². The largest absolute Gasteiger partial charge is 0.245 e. The fourth-order valence-electron chi connectivity index (χ4n) is 1.10. The first kappa shape index (κ1) is 11.2. The maximum Gasteiger partial charge on any atom is 0.195 e. The van der Waals surface area contributed by atoms with E-state index in [-0.39, 0.29) is 10.8 Å². The van der Waals surface area contributed by atoms with Crippen LogP contribution < -0.4 is 0 Å². The van der Waals surface area contributed by atoms with Gasteiger partial charge in [0.1, 0.15) is 0 Å². The van der Waals surface area contributed by atoms with Gasteiger partial charge in [-0.25, -0.2) is 13.4 Å². The van der Waals surface area contributed by atoms with Crippen molar-refractivity contribution >= 4 is 9.84 Å². The lowest BCUT2D eigenvalue weighted by Crippen LogP contribution is -2.06. The summed E-state index contributed by atoms with van der Waals surface area (Å²) in [7, 11) is -3.17. The molecule has 0 unspecified atom stereocenters. The zero-order valence-electron chi connectivity index (χ0n) is 8.69. The monoisotopic (exact) mass is 213 g/mol. The molecule has 0 saturated carbocycles. The number of rotatable bonds is 3. The van der Waals surface area contributed by atoms with Crippen LogP contribution in [-0.4, -0.2) is 19.2 Å². The summed E-state index contributed by atoms with van der Waals surface area (Å²) in [6.45, 7) is 5.68. The summed E-state index contributed by atoms with van der Waals surface area (Å²) in [5.74, 6) is 0.422. The molecule has 0 bridgehead atoms. The van der Waals surface area contributed by atoms with Crippen molar-refractivity contribution in [3.63, 3.8) is 0 Å². The topological polar surface area (TPSA) is 47.0 Å². The van der Waals surface area contributed by atoms with Gasteiger partial charge in [-0.2, -0.15) is 0 Å². The molecule has 1 aromatic rings. The summed E-state index contributed by atoms with van der Waals surface area (Å²) in [4.78, 5) is 3.88. The minimum Gasteiger partial charge on any atom is -0.245 e. The summed E-state index contributed by atoms with van der Waals surface area (Å²) in [5.41, 5.74) is 1.01. The molecule has 0 aliphatic carbocycles. The molecular formula is C10H15NO2S. The second-order valence-electron chi connectivity index (χ2n) is 3.49. The highest BCUT2D eigenvalue weighted by atomic mass is 32.2. The number of pyridine rings is 1. The lowest BCUT2D eigenvalue weighted by Gasteiger charge is -2.06. The maximum atomic E-state index is 11.5. The standard InChI is InChI=1S/C10H15NO2S/c1-4-14(12,13)10-7-9(8(2)3)5-6-11-10/h5-8H,4H2,1-3H3. The molecule has 0 radical (unpaired) electrons. The van der Waals surface area contributed by atoms with Gasteiger partial charge in [0.15, 0.2) is 14.9 Å². The summed E-state index contributed by atoms with van der Waals surface area (Å²) >= 11 is 0. The van der Waals surface area contributed by atoms with E-state index < -0.39 is 9.84 Å². The van der Waals surface area contributed by atoms with E-state index >= 15 is 0 Å². The van der Waals surface area contributed by atoms with E-state index in [1.165, 1.54) is 0 Å². The molecule has 0 N–H and O–H groups in total. The third-order valence-electron chi connectivity index (χ3n) is 2.12. The van der Waals surface area contributed by atoms with Crippen molar-refractivity contribution < 1.29 is 8.42 Å². The Morgan fingerprint density at radius 2 is 2.07 bits per heavy atom. The van der Waals surface area contributed by atoms with Crippen molar-refractivity contribution in [2.24, 2.45) is 0 Å². The minimum absolute atomic E-state index is 0.0988. The minimum atomic E-state index is -3.17. The van der Waals surface area contributed by atoms with E-state index in [2.05, 4.69) is 4.98 Å². The van der Waals surface area contributed by atoms with Gasteiger partial charge in [0, 0.05) is 6.20 Å². The van der Waals surface area contributed by atoms with Gasteiger partial charge in [-0.15, -0.1) is 0 Å². The Labute approximate surface area is 85.1 Å². The fourth-order valence-corrected chi connectivity index (χ4v) is 1.93. The number of hydrogen-bond acceptors (Lipinski definition) is 3. The van der Waals surface area contributed by atoms with Crippen LogP contribution >= 0.6 is 0 Å². The van der Waals surface area contributed by atoms with E-state index in [1.54, 1.807) is 19.2 Å². The van der Waals surface area contributed by atoms with Crippen LogP contribution in [0.4, 0.5) is 0 Å². The first-order valence-corrected chi connectivity index (χ1v) is 6.31. The van der Waals surface area contributed by atoms with Crippen LogP contribution in [0.2, 0.25) is 0 Å².